The number of thiocarbonyl (C=S) groups is 1. The number of hydrogen-bond donors (Lipinski definition) is 2. The largest absolute Gasteiger partial charge is 0.389 e. The second-order valence-corrected chi connectivity index (χ2v) is 4.87. The van der Waals surface area contributed by atoms with E-state index in [4.69, 9.17) is 18.0 Å². The maximum absolute atomic E-state index is 12.0. The lowest BCUT2D eigenvalue weighted by Gasteiger charge is -2.06. The van der Waals surface area contributed by atoms with E-state index < -0.39 is 0 Å². The van der Waals surface area contributed by atoms with Gasteiger partial charge in [-0.2, -0.15) is 0 Å². The molecule has 5 heteroatoms. The van der Waals surface area contributed by atoms with Crippen LogP contribution >= 0.6 is 12.2 Å². The van der Waals surface area contributed by atoms with Gasteiger partial charge in [0, 0.05) is 29.6 Å². The molecule has 0 unspecified atom stereocenters. The minimum atomic E-state index is -0.139. The summed E-state index contributed by atoms with van der Waals surface area (Å²) in [6.45, 7) is 2.37. The summed E-state index contributed by atoms with van der Waals surface area (Å²) in [5.41, 5.74) is 8.75. The summed E-state index contributed by atoms with van der Waals surface area (Å²) in [5, 5.41) is 2.84. The van der Waals surface area contributed by atoms with Crippen molar-refractivity contribution in [2.75, 3.05) is 0 Å². The molecule has 0 bridgehead atoms. The number of nitrogens with zero attached hydrogens (tertiary/aromatic N) is 1. The number of nitrogens with one attached hydrogen (secondary N) is 1. The van der Waals surface area contributed by atoms with Crippen molar-refractivity contribution in [3.8, 4) is 0 Å². The van der Waals surface area contributed by atoms with E-state index >= 15 is 0 Å². The molecule has 2 aromatic rings. The Bertz CT molecular complexity index is 621. The van der Waals surface area contributed by atoms with Gasteiger partial charge in [0.25, 0.3) is 5.91 Å². The zero-order chi connectivity index (χ0) is 14.5. The minimum Gasteiger partial charge on any atom is -0.389 e. The van der Waals surface area contributed by atoms with Crippen LogP contribution in [0.5, 0.6) is 0 Å². The maximum Gasteiger partial charge on any atom is 0.251 e. The van der Waals surface area contributed by atoms with Gasteiger partial charge in [-0.3, -0.25) is 9.78 Å². The van der Waals surface area contributed by atoms with Crippen molar-refractivity contribution in [2.45, 2.75) is 13.5 Å². The number of pyridine rings is 1. The molecule has 0 aliphatic carbocycles. The summed E-state index contributed by atoms with van der Waals surface area (Å²) >= 11 is 4.87. The molecular formula is C15H15N3OS. The van der Waals surface area contributed by atoms with Gasteiger partial charge < -0.3 is 11.1 Å². The molecule has 0 saturated carbocycles. The van der Waals surface area contributed by atoms with Crippen molar-refractivity contribution in [1.82, 2.24) is 10.3 Å². The number of benzene rings is 1. The molecule has 0 aliphatic rings. The zero-order valence-electron chi connectivity index (χ0n) is 11.1. The van der Waals surface area contributed by atoms with Crippen LogP contribution in [0.1, 0.15) is 27.2 Å². The lowest BCUT2D eigenvalue weighted by atomic mass is 10.1. The molecule has 0 atom stereocenters. The quantitative estimate of drug-likeness (QED) is 0.843. The first-order valence-corrected chi connectivity index (χ1v) is 6.56. The molecule has 1 heterocycles. The number of hydrogen-bond acceptors (Lipinski definition) is 3. The van der Waals surface area contributed by atoms with E-state index in [2.05, 4.69) is 10.3 Å². The Morgan fingerprint density at radius 1 is 1.20 bits per heavy atom. The van der Waals surface area contributed by atoms with Crippen LogP contribution in [-0.2, 0) is 6.54 Å². The molecule has 0 spiro atoms. The van der Waals surface area contributed by atoms with Crippen molar-refractivity contribution in [3.05, 3.63) is 65.0 Å². The van der Waals surface area contributed by atoms with Crippen LogP contribution in [0.3, 0.4) is 0 Å². The summed E-state index contributed by atoms with van der Waals surface area (Å²) < 4.78 is 0. The number of amides is 1. The topological polar surface area (TPSA) is 68.0 Å². The number of rotatable bonds is 4. The Labute approximate surface area is 123 Å². The molecule has 0 fully saturated rings. The average molecular weight is 285 g/mol. The molecule has 102 valence electrons. The molecule has 3 N–H and O–H groups in total. The monoisotopic (exact) mass is 285 g/mol. The second-order valence-electron chi connectivity index (χ2n) is 4.43. The van der Waals surface area contributed by atoms with Crippen LogP contribution in [-0.4, -0.2) is 15.9 Å². The summed E-state index contributed by atoms with van der Waals surface area (Å²) in [5.74, 6) is -0.139. The van der Waals surface area contributed by atoms with Gasteiger partial charge in [-0.15, -0.1) is 0 Å². The van der Waals surface area contributed by atoms with E-state index in [1.54, 1.807) is 30.5 Å². The van der Waals surface area contributed by atoms with Crippen LogP contribution < -0.4 is 11.1 Å². The van der Waals surface area contributed by atoms with E-state index in [9.17, 15) is 4.79 Å². The van der Waals surface area contributed by atoms with Crippen LogP contribution in [0.15, 0.2) is 42.6 Å². The molecule has 1 amide bonds. The van der Waals surface area contributed by atoms with Gasteiger partial charge in [-0.25, -0.2) is 0 Å². The van der Waals surface area contributed by atoms with Crippen molar-refractivity contribution in [3.63, 3.8) is 0 Å². The van der Waals surface area contributed by atoms with E-state index in [1.807, 2.05) is 19.1 Å². The minimum absolute atomic E-state index is 0.139. The third-order valence-corrected chi connectivity index (χ3v) is 3.09. The van der Waals surface area contributed by atoms with Crippen molar-refractivity contribution in [2.24, 2.45) is 5.73 Å². The fourth-order valence-electron chi connectivity index (χ4n) is 1.67. The lowest BCUT2D eigenvalue weighted by molar-refractivity contribution is 0.0951. The van der Waals surface area contributed by atoms with E-state index in [0.717, 1.165) is 16.8 Å². The number of carbonyl (C=O) groups excluding carboxylic acids is 1. The third kappa shape index (κ3) is 3.61. The molecule has 4 nitrogen and oxygen atoms in total. The van der Waals surface area contributed by atoms with Crippen LogP contribution in [0, 0.1) is 6.92 Å². The van der Waals surface area contributed by atoms with Gasteiger partial charge in [0.15, 0.2) is 0 Å². The van der Waals surface area contributed by atoms with Crippen molar-refractivity contribution in [1.29, 1.82) is 0 Å². The summed E-state index contributed by atoms with van der Waals surface area (Å²) in [6, 6.07) is 10.8. The zero-order valence-corrected chi connectivity index (χ0v) is 11.9. The fraction of sp³-hybridized carbons (Fsp3) is 0.133. The van der Waals surface area contributed by atoms with Gasteiger partial charge >= 0.3 is 0 Å². The highest BCUT2D eigenvalue weighted by Crippen LogP contribution is 2.05. The molecule has 0 aliphatic heterocycles. The van der Waals surface area contributed by atoms with Crippen LogP contribution in [0.25, 0.3) is 0 Å². The lowest BCUT2D eigenvalue weighted by Crippen LogP contribution is -2.23. The van der Waals surface area contributed by atoms with Crippen LogP contribution in [0.2, 0.25) is 0 Å². The van der Waals surface area contributed by atoms with E-state index in [-0.39, 0.29) is 5.91 Å². The fourth-order valence-corrected chi connectivity index (χ4v) is 1.81. The number of carbonyl (C=O) groups is 1. The number of aryl methyl sites for hydroxylation is 1. The highest BCUT2D eigenvalue weighted by molar-refractivity contribution is 7.80. The molecule has 0 radical (unpaired) electrons. The Hall–Kier alpha value is -2.27. The van der Waals surface area contributed by atoms with Gasteiger partial charge in [0.1, 0.15) is 4.99 Å². The predicted molar refractivity (Wildman–Crippen MR) is 82.5 cm³/mol. The Morgan fingerprint density at radius 3 is 2.40 bits per heavy atom. The molecule has 1 aromatic heterocycles. The van der Waals surface area contributed by atoms with E-state index in [1.165, 1.54) is 0 Å². The van der Waals surface area contributed by atoms with Crippen molar-refractivity contribution >= 4 is 23.1 Å². The normalized spacial score (nSPS) is 10.1. The molecule has 1 aromatic carbocycles. The highest BCUT2D eigenvalue weighted by atomic mass is 32.1. The summed E-state index contributed by atoms with van der Waals surface area (Å²) in [7, 11) is 0. The van der Waals surface area contributed by atoms with Gasteiger partial charge in [-0.05, 0) is 30.7 Å². The molecular weight excluding hydrogens is 270 g/mol. The summed E-state index contributed by atoms with van der Waals surface area (Å²) in [6.07, 6.45) is 1.76. The summed E-state index contributed by atoms with van der Waals surface area (Å²) in [4.78, 5) is 16.5. The number of aromatic nitrogens is 1. The van der Waals surface area contributed by atoms with Crippen LogP contribution in [0.4, 0.5) is 0 Å². The SMILES string of the molecule is Cc1ccc(CNC(=O)c2ccc(C(N)=S)cc2)cn1. The second kappa shape index (κ2) is 6.25. The van der Waals surface area contributed by atoms with Crippen molar-refractivity contribution < 1.29 is 4.79 Å². The van der Waals surface area contributed by atoms with E-state index in [0.29, 0.717) is 17.1 Å². The first-order valence-electron chi connectivity index (χ1n) is 6.16. The highest BCUT2D eigenvalue weighted by Gasteiger charge is 2.05. The Morgan fingerprint density at radius 2 is 1.85 bits per heavy atom. The third-order valence-electron chi connectivity index (χ3n) is 2.86. The smallest absolute Gasteiger partial charge is 0.251 e. The average Bonchev–Trinajstić information content (AvgIpc) is 2.46. The van der Waals surface area contributed by atoms with Gasteiger partial charge in [0.05, 0.1) is 0 Å². The molecule has 20 heavy (non-hydrogen) atoms. The first-order chi connectivity index (χ1) is 9.56. The first kappa shape index (κ1) is 14.1. The molecule has 0 saturated heterocycles. The maximum atomic E-state index is 12.0. The number of nitrogens with two attached hydrogens (primary N) is 1. The Balaban J connectivity index is 1.97. The van der Waals surface area contributed by atoms with Gasteiger partial charge in [-0.1, -0.05) is 30.4 Å². The molecule has 2 rings (SSSR count). The standard InChI is InChI=1S/C15H15N3OS/c1-10-2-3-11(8-17-10)9-18-15(19)13-6-4-12(5-7-13)14(16)20/h2-8H,9H2,1H3,(H2,16,20)(H,18,19). The predicted octanol–water partition coefficient (Wildman–Crippen LogP) is 1.95. The van der Waals surface area contributed by atoms with Gasteiger partial charge in [0.2, 0.25) is 0 Å². The Kier molecular flexibility index (Phi) is 4.42.